The summed E-state index contributed by atoms with van der Waals surface area (Å²) in [6.07, 6.45) is 25.7. The van der Waals surface area contributed by atoms with Crippen molar-refractivity contribution in [1.29, 1.82) is 0 Å². The minimum Gasteiger partial charge on any atom is -0.508 e. The summed E-state index contributed by atoms with van der Waals surface area (Å²) in [6.45, 7) is 3.80. The van der Waals surface area contributed by atoms with E-state index in [1.807, 2.05) is 0 Å². The average molecular weight is 463 g/mol. The van der Waals surface area contributed by atoms with Crippen LogP contribution < -0.4 is 0 Å². The molecule has 0 atom stereocenters. The number of unbranched alkanes of at least 4 members (excludes halogenated alkanes) is 18. The van der Waals surface area contributed by atoms with Crippen LogP contribution in [0.1, 0.15) is 150 Å². The van der Waals surface area contributed by atoms with E-state index in [1.54, 1.807) is 0 Å². The summed E-state index contributed by atoms with van der Waals surface area (Å²) < 4.78 is 0. The number of phenolic OH excluding ortho intramolecular Hbond substituents is 1. The van der Waals surface area contributed by atoms with Gasteiger partial charge in [0.1, 0.15) is 17.1 Å². The molecule has 0 fully saturated rings. The summed E-state index contributed by atoms with van der Waals surface area (Å²) in [5, 5.41) is 29.3. The fourth-order valence-corrected chi connectivity index (χ4v) is 4.64. The molecule has 1 aromatic carbocycles. The van der Waals surface area contributed by atoms with Gasteiger partial charge in [-0.3, -0.25) is 0 Å². The average Bonchev–Trinajstić information content (AvgIpc) is 2.78. The lowest BCUT2D eigenvalue weighted by Gasteiger charge is -2.12. The molecule has 33 heavy (non-hydrogen) atoms. The molecule has 0 spiro atoms. The van der Waals surface area contributed by atoms with Gasteiger partial charge >= 0.3 is 5.97 Å². The van der Waals surface area contributed by atoms with Crippen LogP contribution in [0, 0.1) is 6.92 Å². The molecule has 0 aliphatic rings. The van der Waals surface area contributed by atoms with Gasteiger partial charge in [-0.2, -0.15) is 0 Å². The first kappa shape index (κ1) is 29.3. The number of rotatable bonds is 21. The summed E-state index contributed by atoms with van der Waals surface area (Å²) in [7, 11) is 0. The Balaban J connectivity index is 1.95. The quantitative estimate of drug-likeness (QED) is 0.159. The first-order valence-electron chi connectivity index (χ1n) is 13.8. The number of hydrogen-bond donors (Lipinski definition) is 3. The molecule has 0 heterocycles. The smallest absolute Gasteiger partial charge is 0.339 e. The minimum absolute atomic E-state index is 0.0368. The fraction of sp³-hybridized carbons (Fsp3) is 0.759. The molecule has 1 rings (SSSR count). The molecule has 0 aliphatic carbocycles. The SMILES string of the molecule is CCCCCCCCCCCCCCCCCCCCCc1cc(O)c(C)c(O)c1C(=O)O. The number of carboxylic acid groups (broad SMARTS) is 1. The molecule has 0 amide bonds. The molecular weight excluding hydrogens is 412 g/mol. The van der Waals surface area contributed by atoms with E-state index in [2.05, 4.69) is 6.92 Å². The third-order valence-corrected chi connectivity index (χ3v) is 6.87. The maximum absolute atomic E-state index is 11.5. The number of benzene rings is 1. The molecule has 1 aromatic rings. The van der Waals surface area contributed by atoms with Gasteiger partial charge in [-0.25, -0.2) is 4.79 Å². The van der Waals surface area contributed by atoms with Crippen LogP contribution in [0.3, 0.4) is 0 Å². The van der Waals surface area contributed by atoms with Gasteiger partial charge in [-0.15, -0.1) is 0 Å². The highest BCUT2D eigenvalue weighted by atomic mass is 16.4. The van der Waals surface area contributed by atoms with Gasteiger partial charge in [0.25, 0.3) is 0 Å². The number of aromatic carboxylic acids is 1. The number of carboxylic acids is 1. The highest BCUT2D eigenvalue weighted by Gasteiger charge is 2.19. The Morgan fingerprint density at radius 1 is 0.667 bits per heavy atom. The molecule has 4 nitrogen and oxygen atoms in total. The van der Waals surface area contributed by atoms with Crippen molar-refractivity contribution in [1.82, 2.24) is 0 Å². The minimum atomic E-state index is -1.14. The van der Waals surface area contributed by atoms with E-state index < -0.39 is 5.97 Å². The van der Waals surface area contributed by atoms with Crippen LogP contribution in [0.25, 0.3) is 0 Å². The molecule has 0 unspecified atom stereocenters. The molecular formula is C29H50O4. The molecule has 190 valence electrons. The number of hydrogen-bond acceptors (Lipinski definition) is 3. The van der Waals surface area contributed by atoms with Crippen LogP contribution >= 0.6 is 0 Å². The summed E-state index contributed by atoms with van der Waals surface area (Å²) in [5.74, 6) is -1.48. The number of aryl methyl sites for hydroxylation is 1. The van der Waals surface area contributed by atoms with E-state index in [1.165, 1.54) is 116 Å². The Hall–Kier alpha value is -1.71. The zero-order valence-corrected chi connectivity index (χ0v) is 21.5. The second-order valence-electron chi connectivity index (χ2n) is 9.82. The van der Waals surface area contributed by atoms with Crippen LogP contribution in [0.2, 0.25) is 0 Å². The first-order valence-corrected chi connectivity index (χ1v) is 13.8. The van der Waals surface area contributed by atoms with Crippen molar-refractivity contribution in [2.45, 2.75) is 142 Å². The summed E-state index contributed by atoms with van der Waals surface area (Å²) in [6, 6.07) is 1.49. The van der Waals surface area contributed by atoms with E-state index >= 15 is 0 Å². The van der Waals surface area contributed by atoms with Crippen molar-refractivity contribution >= 4 is 5.97 Å². The van der Waals surface area contributed by atoms with Gasteiger partial charge in [0.15, 0.2) is 0 Å². The monoisotopic (exact) mass is 462 g/mol. The second-order valence-corrected chi connectivity index (χ2v) is 9.82. The zero-order valence-electron chi connectivity index (χ0n) is 21.5. The van der Waals surface area contributed by atoms with E-state index in [-0.39, 0.29) is 22.6 Å². The van der Waals surface area contributed by atoms with Crippen LogP contribution in [0.4, 0.5) is 0 Å². The van der Waals surface area contributed by atoms with Crippen molar-refractivity contribution < 1.29 is 20.1 Å². The van der Waals surface area contributed by atoms with E-state index in [0.29, 0.717) is 12.0 Å². The van der Waals surface area contributed by atoms with Crippen molar-refractivity contribution in [3.05, 3.63) is 22.8 Å². The molecule has 4 heteroatoms. The lowest BCUT2D eigenvalue weighted by molar-refractivity contribution is 0.0692. The molecule has 0 aliphatic heterocycles. The predicted molar refractivity (Wildman–Crippen MR) is 139 cm³/mol. The Labute approximate surface area is 202 Å². The fourth-order valence-electron chi connectivity index (χ4n) is 4.64. The Morgan fingerprint density at radius 3 is 1.39 bits per heavy atom. The molecule has 0 bridgehead atoms. The highest BCUT2D eigenvalue weighted by Crippen LogP contribution is 2.33. The topological polar surface area (TPSA) is 77.8 Å². The summed E-state index contributed by atoms with van der Waals surface area (Å²) in [5.41, 5.74) is 0.687. The standard InChI is InChI=1S/C29H50O4/c1-3-4-5-6-7-8-9-10-11-12-13-14-15-16-17-18-19-20-21-22-25-23-26(30)24(2)28(31)27(25)29(32)33/h23,30-31H,3-22H2,1-2H3,(H,32,33). The maximum atomic E-state index is 11.5. The highest BCUT2D eigenvalue weighted by molar-refractivity contribution is 5.93. The van der Waals surface area contributed by atoms with Crippen LogP contribution in [-0.2, 0) is 6.42 Å². The van der Waals surface area contributed by atoms with Crippen molar-refractivity contribution in [2.75, 3.05) is 0 Å². The molecule has 0 saturated carbocycles. The Kier molecular flexibility index (Phi) is 16.6. The third-order valence-electron chi connectivity index (χ3n) is 6.87. The Bertz CT molecular complexity index is 654. The summed E-state index contributed by atoms with van der Waals surface area (Å²) in [4.78, 5) is 11.5. The molecule has 0 radical (unpaired) electrons. The van der Waals surface area contributed by atoms with Gasteiger partial charge in [-0.05, 0) is 31.4 Å². The van der Waals surface area contributed by atoms with Crippen molar-refractivity contribution in [2.24, 2.45) is 0 Å². The van der Waals surface area contributed by atoms with Gasteiger partial charge in [0.2, 0.25) is 0 Å². The van der Waals surface area contributed by atoms with E-state index in [9.17, 15) is 20.1 Å². The lowest BCUT2D eigenvalue weighted by atomic mass is 9.96. The van der Waals surface area contributed by atoms with Crippen LogP contribution in [0.5, 0.6) is 11.5 Å². The molecule has 3 N–H and O–H groups in total. The largest absolute Gasteiger partial charge is 0.508 e. The van der Waals surface area contributed by atoms with Gasteiger partial charge in [-0.1, -0.05) is 122 Å². The van der Waals surface area contributed by atoms with E-state index in [4.69, 9.17) is 0 Å². The van der Waals surface area contributed by atoms with Crippen LogP contribution in [-0.4, -0.2) is 21.3 Å². The third kappa shape index (κ3) is 12.9. The van der Waals surface area contributed by atoms with Gasteiger partial charge < -0.3 is 15.3 Å². The lowest BCUT2D eigenvalue weighted by Crippen LogP contribution is -2.04. The molecule has 0 saturated heterocycles. The first-order chi connectivity index (χ1) is 16.0. The van der Waals surface area contributed by atoms with E-state index in [0.717, 1.165) is 19.3 Å². The number of carbonyl (C=O) groups is 1. The van der Waals surface area contributed by atoms with Crippen LogP contribution in [0.15, 0.2) is 6.07 Å². The normalized spacial score (nSPS) is 11.2. The predicted octanol–water partition coefficient (Wildman–Crippen LogP) is 9.08. The molecule has 0 aromatic heterocycles. The maximum Gasteiger partial charge on any atom is 0.339 e. The number of aromatic hydroxyl groups is 2. The van der Waals surface area contributed by atoms with Crippen molar-refractivity contribution in [3.8, 4) is 11.5 Å². The second kappa shape index (κ2) is 18.7. The van der Waals surface area contributed by atoms with Gasteiger partial charge in [0, 0.05) is 5.56 Å². The zero-order chi connectivity index (χ0) is 24.3. The Morgan fingerprint density at radius 2 is 1.03 bits per heavy atom. The number of phenols is 2. The summed E-state index contributed by atoms with van der Waals surface area (Å²) >= 11 is 0. The van der Waals surface area contributed by atoms with Crippen molar-refractivity contribution in [3.63, 3.8) is 0 Å². The van der Waals surface area contributed by atoms with Gasteiger partial charge in [0.05, 0.1) is 0 Å².